The highest BCUT2D eigenvalue weighted by Crippen LogP contribution is 2.35. The Morgan fingerprint density at radius 3 is 2.27 bits per heavy atom. The van der Waals surface area contributed by atoms with Gasteiger partial charge < -0.3 is 20.4 Å². The van der Waals surface area contributed by atoms with Crippen LogP contribution in [0.15, 0.2) is 35.4 Å². The second-order valence-electron chi connectivity index (χ2n) is 4.27. The zero-order valence-electron chi connectivity index (χ0n) is 11.0. The molecule has 0 spiro atoms. The lowest BCUT2D eigenvalue weighted by atomic mass is 10.2. The van der Waals surface area contributed by atoms with Crippen LogP contribution in [0.2, 0.25) is 5.02 Å². The van der Waals surface area contributed by atoms with Crippen LogP contribution >= 0.6 is 11.6 Å². The Morgan fingerprint density at radius 1 is 1.05 bits per heavy atom. The Morgan fingerprint density at radius 2 is 1.68 bits per heavy atom. The molecular formula is C14H11ClN2O5. The van der Waals surface area contributed by atoms with Gasteiger partial charge in [-0.2, -0.15) is 5.10 Å². The summed E-state index contributed by atoms with van der Waals surface area (Å²) >= 11 is 5.72. The number of nitrogens with zero attached hydrogens (tertiary/aromatic N) is 1. The van der Waals surface area contributed by atoms with Crippen LogP contribution in [-0.2, 0) is 0 Å². The van der Waals surface area contributed by atoms with Gasteiger partial charge in [-0.05, 0) is 35.9 Å². The van der Waals surface area contributed by atoms with Crippen LogP contribution < -0.4 is 5.43 Å². The van der Waals surface area contributed by atoms with Crippen LogP contribution in [0, 0.1) is 0 Å². The molecule has 0 heterocycles. The van der Waals surface area contributed by atoms with Gasteiger partial charge in [0, 0.05) is 5.56 Å². The van der Waals surface area contributed by atoms with Crippen molar-refractivity contribution in [2.24, 2.45) is 5.10 Å². The van der Waals surface area contributed by atoms with Crippen molar-refractivity contribution < 1.29 is 25.2 Å². The number of benzene rings is 2. The first kappa shape index (κ1) is 15.5. The van der Waals surface area contributed by atoms with E-state index >= 15 is 0 Å². The number of rotatable bonds is 3. The minimum absolute atomic E-state index is 0.0714. The number of nitrogens with one attached hydrogen (secondary N) is 1. The molecule has 0 aliphatic rings. The van der Waals surface area contributed by atoms with E-state index in [1.807, 2.05) is 0 Å². The van der Waals surface area contributed by atoms with Crippen LogP contribution in [-0.4, -0.2) is 32.5 Å². The SMILES string of the molecule is O=C(N/N=C/c1ccc(O)c(Cl)c1)c1cc(O)c(O)c(O)c1. The van der Waals surface area contributed by atoms with Crippen molar-refractivity contribution >= 4 is 23.7 Å². The van der Waals surface area contributed by atoms with E-state index < -0.39 is 23.2 Å². The molecule has 0 aliphatic carbocycles. The van der Waals surface area contributed by atoms with Crippen molar-refractivity contribution in [2.75, 3.05) is 0 Å². The summed E-state index contributed by atoms with van der Waals surface area (Å²) < 4.78 is 0. The smallest absolute Gasteiger partial charge is 0.271 e. The number of hydrogen-bond acceptors (Lipinski definition) is 6. The fraction of sp³-hybridized carbons (Fsp3) is 0. The maximum Gasteiger partial charge on any atom is 0.271 e. The highest BCUT2D eigenvalue weighted by atomic mass is 35.5. The highest BCUT2D eigenvalue weighted by Gasteiger charge is 2.12. The predicted molar refractivity (Wildman–Crippen MR) is 79.6 cm³/mol. The highest BCUT2D eigenvalue weighted by molar-refractivity contribution is 6.32. The predicted octanol–water partition coefficient (Wildman–Crippen LogP) is 1.93. The molecule has 0 radical (unpaired) electrons. The maximum atomic E-state index is 11.8. The molecule has 0 aromatic heterocycles. The number of aromatic hydroxyl groups is 4. The first-order chi connectivity index (χ1) is 10.4. The number of hydrazone groups is 1. The van der Waals surface area contributed by atoms with Crippen molar-refractivity contribution in [3.63, 3.8) is 0 Å². The van der Waals surface area contributed by atoms with Gasteiger partial charge in [0.05, 0.1) is 11.2 Å². The van der Waals surface area contributed by atoms with Crippen LogP contribution in [0.1, 0.15) is 15.9 Å². The number of carbonyl (C=O) groups is 1. The Labute approximate surface area is 129 Å². The minimum atomic E-state index is -0.709. The van der Waals surface area contributed by atoms with E-state index in [2.05, 4.69) is 10.5 Å². The lowest BCUT2D eigenvalue weighted by Gasteiger charge is -2.04. The van der Waals surface area contributed by atoms with E-state index in [1.165, 1.54) is 24.4 Å². The molecule has 0 saturated carbocycles. The molecule has 1 amide bonds. The molecular weight excluding hydrogens is 312 g/mol. The van der Waals surface area contributed by atoms with Gasteiger partial charge >= 0.3 is 0 Å². The van der Waals surface area contributed by atoms with Gasteiger partial charge in [-0.3, -0.25) is 4.79 Å². The van der Waals surface area contributed by atoms with Gasteiger partial charge in [0.2, 0.25) is 0 Å². The van der Waals surface area contributed by atoms with Crippen molar-refractivity contribution in [2.45, 2.75) is 0 Å². The third kappa shape index (κ3) is 3.39. The average Bonchev–Trinajstić information content (AvgIpc) is 2.47. The molecule has 0 unspecified atom stereocenters. The van der Waals surface area contributed by atoms with E-state index in [0.717, 1.165) is 12.1 Å². The number of carbonyl (C=O) groups excluding carboxylic acids is 1. The molecule has 2 aromatic carbocycles. The van der Waals surface area contributed by atoms with Gasteiger partial charge in [-0.1, -0.05) is 11.6 Å². The molecule has 0 bridgehead atoms. The van der Waals surface area contributed by atoms with Crippen LogP contribution in [0.3, 0.4) is 0 Å². The van der Waals surface area contributed by atoms with Crippen molar-refractivity contribution in [3.05, 3.63) is 46.5 Å². The second-order valence-corrected chi connectivity index (χ2v) is 4.68. The molecule has 22 heavy (non-hydrogen) atoms. The number of phenols is 4. The summed E-state index contributed by atoms with van der Waals surface area (Å²) in [5.74, 6) is -2.73. The number of halogens is 1. The topological polar surface area (TPSA) is 122 Å². The van der Waals surface area contributed by atoms with Crippen molar-refractivity contribution in [3.8, 4) is 23.0 Å². The summed E-state index contributed by atoms with van der Waals surface area (Å²) in [5.41, 5.74) is 2.63. The van der Waals surface area contributed by atoms with Crippen LogP contribution in [0.25, 0.3) is 0 Å². The second kappa shape index (κ2) is 6.23. The Balaban J connectivity index is 2.09. The summed E-state index contributed by atoms with van der Waals surface area (Å²) in [6.07, 6.45) is 1.29. The molecule has 2 aromatic rings. The monoisotopic (exact) mass is 322 g/mol. The summed E-state index contributed by atoms with van der Waals surface area (Å²) in [6, 6.07) is 6.33. The lowest BCUT2D eigenvalue weighted by molar-refractivity contribution is 0.0954. The first-order valence-electron chi connectivity index (χ1n) is 5.95. The summed E-state index contributed by atoms with van der Waals surface area (Å²) in [5, 5.41) is 40.9. The quantitative estimate of drug-likeness (QED) is 0.336. The van der Waals surface area contributed by atoms with Crippen molar-refractivity contribution in [1.29, 1.82) is 0 Å². The van der Waals surface area contributed by atoms with E-state index in [1.54, 1.807) is 0 Å². The van der Waals surface area contributed by atoms with E-state index in [-0.39, 0.29) is 16.3 Å². The molecule has 114 valence electrons. The van der Waals surface area contributed by atoms with Gasteiger partial charge in [0.1, 0.15) is 5.75 Å². The molecule has 0 saturated heterocycles. The number of hydrogen-bond donors (Lipinski definition) is 5. The minimum Gasteiger partial charge on any atom is -0.506 e. The first-order valence-corrected chi connectivity index (χ1v) is 6.33. The average molecular weight is 323 g/mol. The Bertz CT molecular complexity index is 738. The van der Waals surface area contributed by atoms with E-state index in [4.69, 9.17) is 11.6 Å². The third-order valence-electron chi connectivity index (χ3n) is 2.68. The number of phenolic OH excluding ortho intramolecular Hbond substituents is 4. The largest absolute Gasteiger partial charge is 0.506 e. The normalized spacial score (nSPS) is 10.8. The number of amides is 1. The molecule has 7 nitrogen and oxygen atoms in total. The van der Waals surface area contributed by atoms with Gasteiger partial charge in [0.25, 0.3) is 5.91 Å². The molecule has 5 N–H and O–H groups in total. The van der Waals surface area contributed by atoms with Gasteiger partial charge in [0.15, 0.2) is 17.2 Å². The Hall–Kier alpha value is -2.93. The zero-order valence-corrected chi connectivity index (χ0v) is 11.7. The molecule has 0 atom stereocenters. The van der Waals surface area contributed by atoms with Gasteiger partial charge in [-0.15, -0.1) is 0 Å². The fourth-order valence-electron chi connectivity index (χ4n) is 1.57. The Kier molecular flexibility index (Phi) is 4.38. The zero-order chi connectivity index (χ0) is 16.3. The van der Waals surface area contributed by atoms with Crippen molar-refractivity contribution in [1.82, 2.24) is 5.43 Å². The third-order valence-corrected chi connectivity index (χ3v) is 2.99. The maximum absolute atomic E-state index is 11.8. The fourth-order valence-corrected chi connectivity index (χ4v) is 1.76. The molecule has 2 rings (SSSR count). The lowest BCUT2D eigenvalue weighted by Crippen LogP contribution is -2.17. The summed E-state index contributed by atoms with van der Waals surface area (Å²) in [4.78, 5) is 11.8. The molecule has 8 heteroatoms. The molecule has 0 aliphatic heterocycles. The van der Waals surface area contributed by atoms with Crippen LogP contribution in [0.4, 0.5) is 0 Å². The summed E-state index contributed by atoms with van der Waals surface area (Å²) in [6.45, 7) is 0. The van der Waals surface area contributed by atoms with Gasteiger partial charge in [-0.25, -0.2) is 5.43 Å². The van der Waals surface area contributed by atoms with E-state index in [0.29, 0.717) is 5.56 Å². The van der Waals surface area contributed by atoms with Crippen LogP contribution in [0.5, 0.6) is 23.0 Å². The summed E-state index contributed by atoms with van der Waals surface area (Å²) in [7, 11) is 0. The standard InChI is InChI=1S/C14H11ClN2O5/c15-9-3-7(1-2-10(9)18)6-16-17-14(22)8-4-11(19)13(21)12(20)5-8/h1-6,18-21H,(H,17,22)/b16-6+. The van der Waals surface area contributed by atoms with E-state index in [9.17, 15) is 25.2 Å². The molecule has 0 fully saturated rings.